The molecule has 0 aliphatic carbocycles. The number of sulfone groups is 1. The molecule has 0 bridgehead atoms. The number of pyridine rings is 1. The highest BCUT2D eigenvalue weighted by Gasteiger charge is 2.47. The summed E-state index contributed by atoms with van der Waals surface area (Å²) < 4.78 is 60.9. The number of urea groups is 1. The van der Waals surface area contributed by atoms with Crippen LogP contribution >= 0.6 is 0 Å². The smallest absolute Gasteiger partial charge is 0.355 e. The van der Waals surface area contributed by atoms with Gasteiger partial charge in [0.1, 0.15) is 6.54 Å². The van der Waals surface area contributed by atoms with E-state index in [9.17, 15) is 36.0 Å². The van der Waals surface area contributed by atoms with Crippen LogP contribution in [0.3, 0.4) is 0 Å². The maximum absolute atomic E-state index is 12.7. The van der Waals surface area contributed by atoms with Crippen LogP contribution in [0.15, 0.2) is 47.6 Å². The lowest BCUT2D eigenvalue weighted by atomic mass is 10.1. The van der Waals surface area contributed by atoms with E-state index in [2.05, 4.69) is 10.3 Å². The van der Waals surface area contributed by atoms with E-state index in [0.29, 0.717) is 17.7 Å². The summed E-state index contributed by atoms with van der Waals surface area (Å²) in [5, 5.41) is 2.44. The van der Waals surface area contributed by atoms with Gasteiger partial charge < -0.3 is 10.2 Å². The Bertz CT molecular complexity index is 1150. The summed E-state index contributed by atoms with van der Waals surface area (Å²) in [4.78, 5) is 41.8. The highest BCUT2D eigenvalue weighted by atomic mass is 32.2. The van der Waals surface area contributed by atoms with Crippen molar-refractivity contribution < 1.29 is 36.0 Å². The van der Waals surface area contributed by atoms with Gasteiger partial charge in [0.2, 0.25) is 0 Å². The minimum atomic E-state index is -5.55. The van der Waals surface area contributed by atoms with Crippen molar-refractivity contribution in [3.05, 3.63) is 53.9 Å². The van der Waals surface area contributed by atoms with Crippen molar-refractivity contribution in [1.29, 1.82) is 0 Å². The molecule has 1 fully saturated rings. The van der Waals surface area contributed by atoms with Gasteiger partial charge in [0.05, 0.1) is 16.1 Å². The SMILES string of the molecule is CNC(=O)c1cnccc1CN1CC(=O)N(c2ccc(S(=O)(=O)C(F)(F)F)cc2)C1=O. The normalized spacial score (nSPS) is 14.8. The molecule has 1 N–H and O–H groups in total. The van der Waals surface area contributed by atoms with Crippen molar-refractivity contribution in [2.75, 3.05) is 18.5 Å². The number of halogens is 3. The Labute approximate surface area is 174 Å². The molecule has 1 aliphatic rings. The monoisotopic (exact) mass is 456 g/mol. The van der Waals surface area contributed by atoms with Crippen molar-refractivity contribution >= 4 is 33.4 Å². The summed E-state index contributed by atoms with van der Waals surface area (Å²) in [7, 11) is -4.13. The Morgan fingerprint density at radius 3 is 2.39 bits per heavy atom. The molecule has 0 saturated carbocycles. The number of nitrogens with one attached hydrogen (secondary N) is 1. The van der Waals surface area contributed by atoms with Gasteiger partial charge in [0.15, 0.2) is 0 Å². The first-order chi connectivity index (χ1) is 14.5. The van der Waals surface area contributed by atoms with Crippen LogP contribution < -0.4 is 10.2 Å². The van der Waals surface area contributed by atoms with Crippen LogP contribution in [0.4, 0.5) is 23.7 Å². The molecule has 164 valence electrons. The molecule has 31 heavy (non-hydrogen) atoms. The molecule has 1 saturated heterocycles. The van der Waals surface area contributed by atoms with Gasteiger partial charge in [-0.15, -0.1) is 0 Å². The Morgan fingerprint density at radius 1 is 1.16 bits per heavy atom. The van der Waals surface area contributed by atoms with Crippen LogP contribution in [0.1, 0.15) is 15.9 Å². The zero-order valence-electron chi connectivity index (χ0n) is 15.9. The molecule has 2 aromatic rings. The maximum atomic E-state index is 12.7. The Balaban J connectivity index is 1.84. The molecule has 1 aromatic carbocycles. The van der Waals surface area contributed by atoms with Crippen LogP contribution in [0.5, 0.6) is 0 Å². The lowest BCUT2D eigenvalue weighted by Crippen LogP contribution is -2.33. The van der Waals surface area contributed by atoms with Crippen LogP contribution in [0, 0.1) is 0 Å². The molecule has 1 aromatic heterocycles. The summed E-state index contributed by atoms with van der Waals surface area (Å²) in [6, 6.07) is 3.99. The fourth-order valence-electron chi connectivity index (χ4n) is 2.94. The second kappa shape index (κ2) is 7.98. The number of imide groups is 1. The summed E-state index contributed by atoms with van der Waals surface area (Å²) in [5.74, 6) is -1.09. The Kier molecular flexibility index (Phi) is 5.72. The standard InChI is InChI=1S/C18H15F3N4O5S/c1-22-16(27)14-8-23-7-6-11(14)9-24-10-15(26)25(17(24)28)12-2-4-13(5-3-12)31(29,30)18(19,20)21/h2-8H,9-10H2,1H3,(H,22,27). The second-order valence-electron chi connectivity index (χ2n) is 6.42. The zero-order valence-corrected chi connectivity index (χ0v) is 16.7. The van der Waals surface area contributed by atoms with Crippen LogP contribution in [0.2, 0.25) is 0 Å². The van der Waals surface area contributed by atoms with Crippen molar-refractivity contribution in [2.45, 2.75) is 16.9 Å². The van der Waals surface area contributed by atoms with E-state index in [1.165, 1.54) is 25.5 Å². The van der Waals surface area contributed by atoms with Crippen LogP contribution in [0.25, 0.3) is 0 Å². The van der Waals surface area contributed by atoms with Gasteiger partial charge in [0, 0.05) is 26.0 Å². The molecule has 0 spiro atoms. The van der Waals surface area contributed by atoms with E-state index in [-0.39, 0.29) is 24.3 Å². The molecule has 0 radical (unpaired) electrons. The fraction of sp³-hybridized carbons (Fsp3) is 0.222. The summed E-state index contributed by atoms with van der Waals surface area (Å²) in [6.07, 6.45) is 2.73. The van der Waals surface area contributed by atoms with E-state index in [0.717, 1.165) is 21.9 Å². The average Bonchev–Trinajstić information content (AvgIpc) is 3.00. The third-order valence-corrected chi connectivity index (χ3v) is 5.99. The van der Waals surface area contributed by atoms with E-state index in [1.807, 2.05) is 0 Å². The number of aromatic nitrogens is 1. The second-order valence-corrected chi connectivity index (χ2v) is 8.36. The topological polar surface area (TPSA) is 117 Å². The van der Waals surface area contributed by atoms with Gasteiger partial charge in [-0.25, -0.2) is 18.1 Å². The Morgan fingerprint density at radius 2 is 1.81 bits per heavy atom. The first-order valence-corrected chi connectivity index (χ1v) is 10.1. The number of alkyl halides is 3. The summed E-state index contributed by atoms with van der Waals surface area (Å²) >= 11 is 0. The minimum Gasteiger partial charge on any atom is -0.355 e. The Hall–Kier alpha value is -3.48. The number of anilines is 1. The van der Waals surface area contributed by atoms with E-state index in [4.69, 9.17) is 0 Å². The number of hydrogen-bond donors (Lipinski definition) is 1. The highest BCUT2D eigenvalue weighted by molar-refractivity contribution is 7.92. The largest absolute Gasteiger partial charge is 0.501 e. The van der Waals surface area contributed by atoms with Crippen molar-refractivity contribution in [1.82, 2.24) is 15.2 Å². The first-order valence-electron chi connectivity index (χ1n) is 8.65. The summed E-state index contributed by atoms with van der Waals surface area (Å²) in [5.41, 5.74) is -4.91. The third kappa shape index (κ3) is 4.08. The van der Waals surface area contributed by atoms with Gasteiger partial charge >= 0.3 is 11.5 Å². The quantitative estimate of drug-likeness (QED) is 0.685. The van der Waals surface area contributed by atoms with E-state index in [1.54, 1.807) is 0 Å². The van der Waals surface area contributed by atoms with Crippen molar-refractivity contribution in [3.63, 3.8) is 0 Å². The average molecular weight is 456 g/mol. The number of amides is 4. The van der Waals surface area contributed by atoms with Gasteiger partial charge in [-0.3, -0.25) is 14.6 Å². The van der Waals surface area contributed by atoms with Gasteiger partial charge in [-0.2, -0.15) is 13.2 Å². The van der Waals surface area contributed by atoms with E-state index < -0.39 is 38.1 Å². The third-order valence-electron chi connectivity index (χ3n) is 4.49. The predicted molar refractivity (Wildman–Crippen MR) is 101 cm³/mol. The predicted octanol–water partition coefficient (Wildman–Crippen LogP) is 1.70. The van der Waals surface area contributed by atoms with Gasteiger partial charge in [-0.1, -0.05) is 0 Å². The molecule has 9 nitrogen and oxygen atoms in total. The molecule has 0 atom stereocenters. The number of nitrogens with zero attached hydrogens (tertiary/aromatic N) is 3. The number of benzene rings is 1. The van der Waals surface area contributed by atoms with Crippen LogP contribution in [-0.2, 0) is 21.2 Å². The lowest BCUT2D eigenvalue weighted by molar-refractivity contribution is -0.116. The molecule has 4 amide bonds. The van der Waals surface area contributed by atoms with Gasteiger partial charge in [0.25, 0.3) is 21.7 Å². The molecule has 13 heteroatoms. The molecule has 2 heterocycles. The molecule has 0 unspecified atom stereocenters. The van der Waals surface area contributed by atoms with E-state index >= 15 is 0 Å². The van der Waals surface area contributed by atoms with Gasteiger partial charge in [-0.05, 0) is 35.9 Å². The molecular weight excluding hydrogens is 441 g/mol. The zero-order chi connectivity index (χ0) is 23.0. The number of carbonyl (C=O) groups excluding carboxylic acids is 3. The van der Waals surface area contributed by atoms with Crippen molar-refractivity contribution in [2.24, 2.45) is 0 Å². The molecule has 3 rings (SSSR count). The number of rotatable bonds is 5. The number of carbonyl (C=O) groups is 3. The summed E-state index contributed by atoms with van der Waals surface area (Å²) in [6.45, 7) is -0.427. The van der Waals surface area contributed by atoms with Crippen molar-refractivity contribution in [3.8, 4) is 0 Å². The minimum absolute atomic E-state index is 0.0834. The fourth-order valence-corrected chi connectivity index (χ4v) is 3.70. The molecule has 1 aliphatic heterocycles. The van der Waals surface area contributed by atoms with Crippen LogP contribution in [-0.4, -0.2) is 55.2 Å². The lowest BCUT2D eigenvalue weighted by Gasteiger charge is -2.18. The number of hydrogen-bond acceptors (Lipinski definition) is 6. The first kappa shape index (κ1) is 22.2. The highest BCUT2D eigenvalue weighted by Crippen LogP contribution is 2.32. The molecular formula is C18H15F3N4O5S. The maximum Gasteiger partial charge on any atom is 0.501 e.